The van der Waals surface area contributed by atoms with Gasteiger partial charge in [-0.1, -0.05) is 12.1 Å². The van der Waals surface area contributed by atoms with E-state index in [4.69, 9.17) is 20.2 Å². The molecule has 1 aromatic carbocycles. The Balaban J connectivity index is 0.000000461. The molecule has 1 N–H and O–H groups in total. The van der Waals surface area contributed by atoms with E-state index < -0.39 is 0 Å². The molecule has 0 aliphatic rings. The number of benzene rings is 1. The van der Waals surface area contributed by atoms with Crippen molar-refractivity contribution in [3.05, 3.63) is 30.0 Å². The van der Waals surface area contributed by atoms with Gasteiger partial charge < -0.3 is 10.5 Å². The van der Waals surface area contributed by atoms with Gasteiger partial charge in [-0.15, -0.1) is 5.69 Å². The zero-order valence-corrected chi connectivity index (χ0v) is 10.0. The average Bonchev–Trinajstić information content (AvgIpc) is 2.10. The Morgan fingerprint density at radius 1 is 1.27 bits per heavy atom. The summed E-state index contributed by atoms with van der Waals surface area (Å²) >= 11 is 0.847. The third-order valence-electron chi connectivity index (χ3n) is 1.09. The minimum atomic E-state index is 0.510. The SMILES string of the molecule is COc1ccc([NH-])cc1.[Cl][Zn+]. The van der Waals surface area contributed by atoms with Crippen LogP contribution in [0.15, 0.2) is 24.3 Å². The second-order valence-electron chi connectivity index (χ2n) is 1.73. The monoisotopic (exact) mass is 221 g/mol. The summed E-state index contributed by atoms with van der Waals surface area (Å²) in [6.07, 6.45) is 0. The molecule has 0 saturated heterocycles. The zero-order chi connectivity index (χ0) is 8.69. The maximum atomic E-state index is 7.11. The molecular formula is C7H8ClNOZn. The molecule has 11 heavy (non-hydrogen) atoms. The van der Waals surface area contributed by atoms with Crippen molar-refractivity contribution in [3.8, 4) is 5.75 Å². The Bertz CT molecular complexity index is 190. The van der Waals surface area contributed by atoms with E-state index in [2.05, 4.69) is 0 Å². The van der Waals surface area contributed by atoms with Crippen molar-refractivity contribution in [2.75, 3.05) is 7.11 Å². The van der Waals surface area contributed by atoms with Gasteiger partial charge in [-0.2, -0.15) is 0 Å². The summed E-state index contributed by atoms with van der Waals surface area (Å²) in [4.78, 5) is 0. The third-order valence-corrected chi connectivity index (χ3v) is 1.09. The van der Waals surface area contributed by atoms with Crippen LogP contribution in [0.5, 0.6) is 5.75 Å². The first kappa shape index (κ1) is 10.7. The van der Waals surface area contributed by atoms with Gasteiger partial charge in [0.25, 0.3) is 0 Å². The summed E-state index contributed by atoms with van der Waals surface area (Å²) in [6, 6.07) is 6.92. The summed E-state index contributed by atoms with van der Waals surface area (Å²) in [5, 5.41) is 0. The first-order valence-electron chi connectivity index (χ1n) is 2.95. The van der Waals surface area contributed by atoms with Crippen LogP contribution in [0.25, 0.3) is 5.73 Å². The normalized spacial score (nSPS) is 8.00. The summed E-state index contributed by atoms with van der Waals surface area (Å²) in [7, 11) is 6.37. The van der Waals surface area contributed by atoms with E-state index in [1.165, 1.54) is 0 Å². The van der Waals surface area contributed by atoms with Gasteiger partial charge in [0.2, 0.25) is 0 Å². The number of rotatable bonds is 1. The van der Waals surface area contributed by atoms with Crippen LogP contribution in [-0.2, 0) is 17.3 Å². The van der Waals surface area contributed by atoms with Gasteiger partial charge in [0.1, 0.15) is 5.75 Å². The van der Waals surface area contributed by atoms with Gasteiger partial charge in [-0.25, -0.2) is 0 Å². The standard InChI is InChI=1S/C7H8NO.ClH.Zn/c1-9-7-4-2-6(8)3-5-7;;/h2-5,8H,1H3;1H;/q-1;;+2/p-1. The van der Waals surface area contributed by atoms with Crippen LogP contribution >= 0.6 is 9.69 Å². The van der Waals surface area contributed by atoms with E-state index in [0.29, 0.717) is 5.69 Å². The molecule has 0 fully saturated rings. The van der Waals surface area contributed by atoms with Crippen molar-refractivity contribution in [1.29, 1.82) is 0 Å². The Hall–Kier alpha value is -0.267. The van der Waals surface area contributed by atoms with Gasteiger partial charge in [0.05, 0.1) is 7.11 Å². The number of hydrogen-bond acceptors (Lipinski definition) is 1. The summed E-state index contributed by atoms with van der Waals surface area (Å²) in [5.74, 6) is 0.797. The zero-order valence-electron chi connectivity index (χ0n) is 6.30. The van der Waals surface area contributed by atoms with E-state index in [-0.39, 0.29) is 0 Å². The molecule has 0 saturated carbocycles. The van der Waals surface area contributed by atoms with Crippen molar-refractivity contribution in [2.45, 2.75) is 0 Å². The van der Waals surface area contributed by atoms with Crippen LogP contribution in [0.2, 0.25) is 0 Å². The molecule has 0 spiro atoms. The number of nitrogens with one attached hydrogen (secondary N) is 1. The number of ether oxygens (including phenoxy) is 1. The quantitative estimate of drug-likeness (QED) is 0.673. The topological polar surface area (TPSA) is 33.0 Å². The molecule has 0 heterocycles. The first-order chi connectivity index (χ1) is 5.33. The molecule has 2 nitrogen and oxygen atoms in total. The van der Waals surface area contributed by atoms with Gasteiger partial charge in [0.15, 0.2) is 0 Å². The Morgan fingerprint density at radius 2 is 1.73 bits per heavy atom. The molecule has 0 aliphatic carbocycles. The fraction of sp³-hybridized carbons (Fsp3) is 0.143. The van der Waals surface area contributed by atoms with Gasteiger partial charge in [-0.05, 0) is 12.1 Å². The molecule has 56 valence electrons. The minimum absolute atomic E-state index is 0.510. The van der Waals surface area contributed by atoms with Crippen LogP contribution in [0, 0.1) is 0 Å². The molecule has 0 amide bonds. The fourth-order valence-corrected chi connectivity index (χ4v) is 0.591. The van der Waals surface area contributed by atoms with Crippen molar-refractivity contribution >= 4 is 15.4 Å². The summed E-state index contributed by atoms with van der Waals surface area (Å²) in [6.45, 7) is 0. The van der Waals surface area contributed by atoms with E-state index in [1.54, 1.807) is 31.4 Å². The summed E-state index contributed by atoms with van der Waals surface area (Å²) < 4.78 is 4.89. The van der Waals surface area contributed by atoms with Crippen LogP contribution in [0.3, 0.4) is 0 Å². The van der Waals surface area contributed by atoms with Crippen molar-refractivity contribution in [3.63, 3.8) is 0 Å². The predicted octanol–water partition coefficient (Wildman–Crippen LogP) is 3.07. The van der Waals surface area contributed by atoms with Gasteiger partial charge >= 0.3 is 27.0 Å². The Kier molecular flexibility index (Phi) is 6.29. The Labute approximate surface area is 80.4 Å². The fourth-order valence-electron chi connectivity index (χ4n) is 0.591. The van der Waals surface area contributed by atoms with Crippen LogP contribution in [0.4, 0.5) is 5.69 Å². The van der Waals surface area contributed by atoms with E-state index >= 15 is 0 Å². The maximum absolute atomic E-state index is 7.11. The molecule has 0 atom stereocenters. The third kappa shape index (κ3) is 4.23. The molecule has 0 unspecified atom stereocenters. The number of halogens is 1. The predicted molar refractivity (Wildman–Crippen MR) is 42.8 cm³/mol. The second kappa shape index (κ2) is 6.44. The molecule has 0 radical (unpaired) electrons. The number of hydrogen-bond donors (Lipinski definition) is 0. The first-order valence-corrected chi connectivity index (χ1v) is 6.85. The van der Waals surface area contributed by atoms with Crippen molar-refractivity contribution < 1.29 is 22.0 Å². The van der Waals surface area contributed by atoms with Crippen molar-refractivity contribution in [2.24, 2.45) is 0 Å². The molecule has 1 aromatic rings. The average molecular weight is 223 g/mol. The van der Waals surface area contributed by atoms with Gasteiger partial charge in [-0.3, -0.25) is 0 Å². The molecule has 0 bridgehead atoms. The van der Waals surface area contributed by atoms with Crippen LogP contribution in [-0.4, -0.2) is 7.11 Å². The Morgan fingerprint density at radius 3 is 2.09 bits per heavy atom. The molecular weight excluding hydrogens is 215 g/mol. The summed E-state index contributed by atoms with van der Waals surface area (Å²) in [5.41, 5.74) is 7.62. The van der Waals surface area contributed by atoms with E-state index in [9.17, 15) is 0 Å². The molecule has 0 aromatic heterocycles. The van der Waals surface area contributed by atoms with Gasteiger partial charge in [0, 0.05) is 0 Å². The molecule has 0 aliphatic heterocycles. The van der Waals surface area contributed by atoms with Crippen molar-refractivity contribution in [1.82, 2.24) is 0 Å². The molecule has 1 rings (SSSR count). The number of methoxy groups -OCH3 is 1. The van der Waals surface area contributed by atoms with Crippen LogP contribution < -0.4 is 4.74 Å². The second-order valence-corrected chi connectivity index (χ2v) is 1.73. The van der Waals surface area contributed by atoms with E-state index in [0.717, 1.165) is 23.1 Å². The molecule has 4 heteroatoms. The van der Waals surface area contributed by atoms with E-state index in [1.807, 2.05) is 0 Å². The van der Waals surface area contributed by atoms with Crippen LogP contribution in [0.1, 0.15) is 0 Å².